The summed E-state index contributed by atoms with van der Waals surface area (Å²) in [5.41, 5.74) is 0.546. The molecule has 0 spiro atoms. The molecule has 0 saturated carbocycles. The summed E-state index contributed by atoms with van der Waals surface area (Å²) in [7, 11) is 0. The third-order valence-electron chi connectivity index (χ3n) is 4.83. The lowest BCUT2D eigenvalue weighted by atomic mass is 10.1. The molecule has 1 saturated heterocycles. The van der Waals surface area contributed by atoms with Crippen molar-refractivity contribution < 1.29 is 22.4 Å². The highest BCUT2D eigenvalue weighted by Gasteiger charge is 2.31. The Morgan fingerprint density at radius 1 is 1.29 bits per heavy atom. The van der Waals surface area contributed by atoms with Gasteiger partial charge < -0.3 is 10.2 Å². The quantitative estimate of drug-likeness (QED) is 0.782. The van der Waals surface area contributed by atoms with Crippen LogP contribution in [0.15, 0.2) is 36.5 Å². The highest BCUT2D eigenvalue weighted by atomic mass is 19.4. The van der Waals surface area contributed by atoms with Crippen molar-refractivity contribution in [2.24, 2.45) is 0 Å². The van der Waals surface area contributed by atoms with Crippen LogP contribution in [-0.4, -0.2) is 30.0 Å². The van der Waals surface area contributed by atoms with E-state index < -0.39 is 11.7 Å². The second kappa shape index (κ2) is 8.16. The molecule has 2 aromatic rings. The van der Waals surface area contributed by atoms with Crippen molar-refractivity contribution in [1.82, 2.24) is 10.3 Å². The van der Waals surface area contributed by atoms with Crippen LogP contribution < -0.4 is 10.2 Å². The lowest BCUT2D eigenvalue weighted by molar-refractivity contribution is -0.137. The topological polar surface area (TPSA) is 45.2 Å². The first-order valence-electron chi connectivity index (χ1n) is 9.05. The van der Waals surface area contributed by atoms with Crippen LogP contribution in [0.2, 0.25) is 0 Å². The van der Waals surface area contributed by atoms with Gasteiger partial charge in [-0.1, -0.05) is 12.1 Å². The Balaban J connectivity index is 1.48. The second-order valence-electron chi connectivity index (χ2n) is 6.99. The Morgan fingerprint density at radius 2 is 2.07 bits per heavy atom. The Hall–Kier alpha value is -2.64. The van der Waals surface area contributed by atoms with E-state index in [-0.39, 0.29) is 24.2 Å². The van der Waals surface area contributed by atoms with E-state index >= 15 is 0 Å². The van der Waals surface area contributed by atoms with Crippen molar-refractivity contribution >= 4 is 11.7 Å². The van der Waals surface area contributed by atoms with Gasteiger partial charge in [0.15, 0.2) is 0 Å². The number of hydrogen-bond donors (Lipinski definition) is 1. The molecule has 2 heterocycles. The normalized spacial score (nSPS) is 17.0. The lowest BCUT2D eigenvalue weighted by Crippen LogP contribution is -2.37. The van der Waals surface area contributed by atoms with E-state index in [2.05, 4.69) is 10.3 Å². The van der Waals surface area contributed by atoms with Crippen LogP contribution in [0.5, 0.6) is 0 Å². The fraction of sp³-hybridized carbons (Fsp3) is 0.400. The van der Waals surface area contributed by atoms with Crippen molar-refractivity contribution in [2.75, 3.05) is 18.0 Å². The number of aryl methyl sites for hydroxylation is 2. The summed E-state index contributed by atoms with van der Waals surface area (Å²) in [4.78, 5) is 17.9. The zero-order chi connectivity index (χ0) is 20.3. The summed E-state index contributed by atoms with van der Waals surface area (Å²) in [5.74, 6) is 0.0430. The van der Waals surface area contributed by atoms with Crippen LogP contribution in [0.4, 0.5) is 23.4 Å². The Morgan fingerprint density at radius 3 is 2.71 bits per heavy atom. The number of amides is 1. The van der Waals surface area contributed by atoms with Crippen molar-refractivity contribution in [3.05, 3.63) is 59.0 Å². The molecule has 1 unspecified atom stereocenters. The summed E-state index contributed by atoms with van der Waals surface area (Å²) in [6.45, 7) is 2.78. The zero-order valence-electron chi connectivity index (χ0n) is 15.4. The number of benzene rings is 1. The first-order chi connectivity index (χ1) is 13.2. The molecule has 1 fully saturated rings. The molecule has 1 atom stereocenters. The first-order valence-corrected chi connectivity index (χ1v) is 9.05. The molecule has 1 amide bonds. The van der Waals surface area contributed by atoms with E-state index in [1.165, 1.54) is 12.1 Å². The number of halogens is 4. The number of carbonyl (C=O) groups excluding carboxylic acids is 1. The fourth-order valence-electron chi connectivity index (χ4n) is 3.18. The summed E-state index contributed by atoms with van der Waals surface area (Å²) in [6, 6.07) is 7.20. The summed E-state index contributed by atoms with van der Waals surface area (Å²) < 4.78 is 51.4. The highest BCUT2D eigenvalue weighted by molar-refractivity contribution is 5.76. The molecule has 0 aliphatic carbocycles. The zero-order valence-corrected chi connectivity index (χ0v) is 15.4. The Labute approximate surface area is 160 Å². The number of pyridine rings is 1. The smallest absolute Gasteiger partial charge is 0.354 e. The maximum Gasteiger partial charge on any atom is 0.417 e. The number of rotatable bonds is 5. The monoisotopic (exact) mass is 395 g/mol. The maximum absolute atomic E-state index is 13.6. The number of anilines is 1. The third kappa shape index (κ3) is 4.99. The van der Waals surface area contributed by atoms with E-state index in [9.17, 15) is 22.4 Å². The van der Waals surface area contributed by atoms with Crippen molar-refractivity contribution in [3.63, 3.8) is 0 Å². The average molecular weight is 395 g/mol. The average Bonchev–Trinajstić information content (AvgIpc) is 3.10. The van der Waals surface area contributed by atoms with E-state index in [0.29, 0.717) is 37.3 Å². The number of hydrogen-bond acceptors (Lipinski definition) is 3. The number of nitrogens with one attached hydrogen (secondary N) is 1. The van der Waals surface area contributed by atoms with Gasteiger partial charge in [-0.3, -0.25) is 4.79 Å². The third-order valence-corrected chi connectivity index (χ3v) is 4.83. The number of carbonyl (C=O) groups is 1. The lowest BCUT2D eigenvalue weighted by Gasteiger charge is -2.18. The number of aromatic nitrogens is 1. The molecule has 28 heavy (non-hydrogen) atoms. The molecule has 1 aromatic heterocycles. The molecule has 4 nitrogen and oxygen atoms in total. The molecule has 0 bridgehead atoms. The van der Waals surface area contributed by atoms with Crippen LogP contribution in [0.25, 0.3) is 0 Å². The molecule has 8 heteroatoms. The van der Waals surface area contributed by atoms with Gasteiger partial charge in [-0.15, -0.1) is 0 Å². The second-order valence-corrected chi connectivity index (χ2v) is 6.99. The molecule has 150 valence electrons. The van der Waals surface area contributed by atoms with Crippen LogP contribution in [0.3, 0.4) is 0 Å². The first kappa shape index (κ1) is 20.1. The molecule has 1 aromatic carbocycles. The van der Waals surface area contributed by atoms with E-state index in [4.69, 9.17) is 0 Å². The van der Waals surface area contributed by atoms with Crippen LogP contribution in [-0.2, 0) is 17.4 Å². The molecule has 1 N–H and O–H groups in total. The summed E-state index contributed by atoms with van der Waals surface area (Å²) >= 11 is 0. The van der Waals surface area contributed by atoms with Crippen molar-refractivity contribution in [3.8, 4) is 0 Å². The van der Waals surface area contributed by atoms with Gasteiger partial charge >= 0.3 is 6.18 Å². The van der Waals surface area contributed by atoms with Crippen molar-refractivity contribution in [1.29, 1.82) is 0 Å². The van der Waals surface area contributed by atoms with Gasteiger partial charge in [0, 0.05) is 31.7 Å². The summed E-state index contributed by atoms with van der Waals surface area (Å²) in [5, 5.41) is 2.93. The molecule has 1 aliphatic rings. The largest absolute Gasteiger partial charge is 0.417 e. The predicted octanol–water partition coefficient (Wildman–Crippen LogP) is 3.88. The van der Waals surface area contributed by atoms with Crippen molar-refractivity contribution in [2.45, 2.75) is 38.4 Å². The van der Waals surface area contributed by atoms with Crippen LogP contribution in [0, 0.1) is 12.7 Å². The Kier molecular flexibility index (Phi) is 5.86. The predicted molar refractivity (Wildman–Crippen MR) is 97.5 cm³/mol. The summed E-state index contributed by atoms with van der Waals surface area (Å²) in [6.07, 6.45) is -2.21. The van der Waals surface area contributed by atoms with E-state index in [0.717, 1.165) is 17.8 Å². The van der Waals surface area contributed by atoms with Gasteiger partial charge in [-0.05, 0) is 49.1 Å². The van der Waals surface area contributed by atoms with Gasteiger partial charge in [-0.2, -0.15) is 13.2 Å². The fourth-order valence-corrected chi connectivity index (χ4v) is 3.18. The molecule has 0 radical (unpaired) electrons. The van der Waals surface area contributed by atoms with Crippen LogP contribution >= 0.6 is 0 Å². The number of alkyl halides is 3. The highest BCUT2D eigenvalue weighted by Crippen LogP contribution is 2.29. The molecule has 1 aliphatic heterocycles. The molecule has 3 rings (SSSR count). The Bertz CT molecular complexity index is 836. The van der Waals surface area contributed by atoms with Gasteiger partial charge in [-0.25, -0.2) is 9.37 Å². The van der Waals surface area contributed by atoms with Gasteiger partial charge in [0.1, 0.15) is 11.6 Å². The molecular weight excluding hydrogens is 374 g/mol. The maximum atomic E-state index is 13.6. The van der Waals surface area contributed by atoms with Gasteiger partial charge in [0.05, 0.1) is 5.56 Å². The SMILES string of the molecule is Cc1ccc(CCC(=O)NC2CCN(c3ccc(C(F)(F)F)cn3)C2)cc1F. The standard InChI is InChI=1S/C20H21F4N3O/c1-13-2-3-14(10-17(13)21)4-7-19(28)26-16-8-9-27(12-16)18-6-5-15(11-25-18)20(22,23)24/h2-3,5-6,10-11,16H,4,7-9,12H2,1H3,(H,26,28). The number of nitrogens with zero attached hydrogens (tertiary/aromatic N) is 2. The van der Waals surface area contributed by atoms with E-state index in [1.54, 1.807) is 19.1 Å². The van der Waals surface area contributed by atoms with Gasteiger partial charge in [0.25, 0.3) is 0 Å². The van der Waals surface area contributed by atoms with Crippen LogP contribution in [0.1, 0.15) is 29.5 Å². The molecular formula is C20H21F4N3O. The van der Waals surface area contributed by atoms with E-state index in [1.807, 2.05) is 4.90 Å². The van der Waals surface area contributed by atoms with Gasteiger partial charge in [0.2, 0.25) is 5.91 Å². The minimum atomic E-state index is -4.41. The minimum Gasteiger partial charge on any atom is -0.354 e. The minimum absolute atomic E-state index is 0.0913.